The van der Waals surface area contributed by atoms with Crippen molar-refractivity contribution in [2.75, 3.05) is 6.61 Å². The first-order valence-electron chi connectivity index (χ1n) is 5.27. The van der Waals surface area contributed by atoms with Gasteiger partial charge in [-0.2, -0.15) is 5.10 Å². The molecule has 2 rings (SSSR count). The predicted molar refractivity (Wildman–Crippen MR) is 58.9 cm³/mol. The van der Waals surface area contributed by atoms with Crippen LogP contribution in [-0.2, 0) is 16.4 Å². The van der Waals surface area contributed by atoms with Crippen molar-refractivity contribution >= 4 is 5.65 Å². The number of aryl methyl sites for hydroxylation is 2. The minimum absolute atomic E-state index is 0.368. The molecule has 0 aromatic carbocycles. The maximum absolute atomic E-state index is 5.02. The van der Waals surface area contributed by atoms with Gasteiger partial charge in [-0.05, 0) is 26.8 Å². The quantitative estimate of drug-likeness (QED) is 0.449. The molecule has 0 saturated heterocycles. The average Bonchev–Trinajstić information content (AvgIpc) is 2.62. The summed E-state index contributed by atoms with van der Waals surface area (Å²) < 4.78 is 1.80. The number of nitrogens with zero attached hydrogens (tertiary/aromatic N) is 3. The van der Waals surface area contributed by atoms with E-state index in [9.17, 15) is 0 Å². The standard InChI is InChI=1S/C11H15N3O2/c1-4-15-16-7-10-6-12-14-9(3)5-8(2)13-11(10)14/h5-6H,4,7H2,1-3H3. The van der Waals surface area contributed by atoms with Crippen molar-refractivity contribution < 1.29 is 9.78 Å². The van der Waals surface area contributed by atoms with Gasteiger partial charge in [0.1, 0.15) is 6.61 Å². The molecule has 0 aliphatic carbocycles. The van der Waals surface area contributed by atoms with Crippen LogP contribution in [-0.4, -0.2) is 21.2 Å². The van der Waals surface area contributed by atoms with Gasteiger partial charge in [0.2, 0.25) is 0 Å². The fraction of sp³-hybridized carbons (Fsp3) is 0.455. The molecule has 16 heavy (non-hydrogen) atoms. The zero-order valence-corrected chi connectivity index (χ0v) is 9.73. The van der Waals surface area contributed by atoms with E-state index in [4.69, 9.17) is 9.78 Å². The van der Waals surface area contributed by atoms with Gasteiger partial charge in [-0.1, -0.05) is 0 Å². The van der Waals surface area contributed by atoms with E-state index in [2.05, 4.69) is 10.1 Å². The maximum Gasteiger partial charge on any atom is 0.161 e. The van der Waals surface area contributed by atoms with Crippen molar-refractivity contribution in [1.82, 2.24) is 14.6 Å². The van der Waals surface area contributed by atoms with Crippen molar-refractivity contribution in [2.45, 2.75) is 27.4 Å². The van der Waals surface area contributed by atoms with Crippen LogP contribution in [0, 0.1) is 13.8 Å². The monoisotopic (exact) mass is 221 g/mol. The molecule has 2 aromatic heterocycles. The van der Waals surface area contributed by atoms with Gasteiger partial charge in [0.05, 0.1) is 12.8 Å². The minimum atomic E-state index is 0.368. The van der Waals surface area contributed by atoms with Crippen molar-refractivity contribution in [3.63, 3.8) is 0 Å². The number of aromatic nitrogens is 3. The van der Waals surface area contributed by atoms with Gasteiger partial charge < -0.3 is 0 Å². The highest BCUT2D eigenvalue weighted by molar-refractivity contribution is 5.47. The minimum Gasteiger partial charge on any atom is -0.237 e. The molecule has 0 atom stereocenters. The van der Waals surface area contributed by atoms with E-state index in [0.29, 0.717) is 13.2 Å². The third kappa shape index (κ3) is 2.05. The van der Waals surface area contributed by atoms with Crippen LogP contribution < -0.4 is 0 Å². The summed E-state index contributed by atoms with van der Waals surface area (Å²) >= 11 is 0. The molecular formula is C11H15N3O2. The second kappa shape index (κ2) is 4.59. The summed E-state index contributed by atoms with van der Waals surface area (Å²) in [5.41, 5.74) is 3.80. The first kappa shape index (κ1) is 11.0. The highest BCUT2D eigenvalue weighted by Crippen LogP contribution is 2.12. The zero-order valence-electron chi connectivity index (χ0n) is 9.73. The molecule has 0 aliphatic rings. The number of rotatable bonds is 4. The molecule has 2 aromatic rings. The molecular weight excluding hydrogens is 206 g/mol. The Bertz CT molecular complexity index is 493. The molecule has 5 heteroatoms. The van der Waals surface area contributed by atoms with Gasteiger partial charge in [0, 0.05) is 17.0 Å². The first-order valence-corrected chi connectivity index (χ1v) is 5.27. The Morgan fingerprint density at radius 3 is 2.88 bits per heavy atom. The van der Waals surface area contributed by atoms with Crippen molar-refractivity contribution in [3.05, 3.63) is 29.2 Å². The van der Waals surface area contributed by atoms with Gasteiger partial charge in [0.25, 0.3) is 0 Å². The lowest BCUT2D eigenvalue weighted by molar-refractivity contribution is -0.300. The summed E-state index contributed by atoms with van der Waals surface area (Å²) in [6.07, 6.45) is 1.76. The molecule has 0 saturated carbocycles. The van der Waals surface area contributed by atoms with Crippen LogP contribution in [0.4, 0.5) is 0 Å². The second-order valence-corrected chi connectivity index (χ2v) is 3.61. The molecule has 0 aliphatic heterocycles. The molecule has 0 radical (unpaired) electrons. The summed E-state index contributed by atoms with van der Waals surface area (Å²) in [6.45, 7) is 6.75. The van der Waals surface area contributed by atoms with E-state index in [0.717, 1.165) is 22.6 Å². The van der Waals surface area contributed by atoms with E-state index in [1.54, 1.807) is 10.7 Å². The summed E-state index contributed by atoms with van der Waals surface area (Å²) in [5.74, 6) is 0. The summed E-state index contributed by atoms with van der Waals surface area (Å²) in [5, 5.41) is 4.26. The van der Waals surface area contributed by atoms with Crippen LogP contribution in [0.5, 0.6) is 0 Å². The lowest BCUT2D eigenvalue weighted by Gasteiger charge is -2.02. The Labute approximate surface area is 93.9 Å². The normalized spacial score (nSPS) is 11.2. The number of hydrogen-bond donors (Lipinski definition) is 0. The summed E-state index contributed by atoms with van der Waals surface area (Å²) in [7, 11) is 0. The second-order valence-electron chi connectivity index (χ2n) is 3.61. The van der Waals surface area contributed by atoms with Gasteiger partial charge in [-0.25, -0.2) is 19.3 Å². The lowest BCUT2D eigenvalue weighted by Crippen LogP contribution is -1.99. The Hall–Kier alpha value is -1.46. The molecule has 0 bridgehead atoms. The Kier molecular flexibility index (Phi) is 3.17. The molecule has 2 heterocycles. The average molecular weight is 221 g/mol. The van der Waals surface area contributed by atoms with Crippen LogP contribution in [0.1, 0.15) is 23.9 Å². The third-order valence-electron chi connectivity index (χ3n) is 2.27. The van der Waals surface area contributed by atoms with Gasteiger partial charge in [0.15, 0.2) is 5.65 Å². The van der Waals surface area contributed by atoms with E-state index in [-0.39, 0.29) is 0 Å². The van der Waals surface area contributed by atoms with E-state index in [1.165, 1.54) is 0 Å². The molecule has 0 N–H and O–H groups in total. The Morgan fingerprint density at radius 1 is 1.31 bits per heavy atom. The maximum atomic E-state index is 5.02. The topological polar surface area (TPSA) is 48.7 Å². The van der Waals surface area contributed by atoms with Crippen molar-refractivity contribution in [3.8, 4) is 0 Å². The molecule has 0 unspecified atom stereocenters. The SMILES string of the molecule is CCOOCc1cnn2c(C)cc(C)nc12. The summed E-state index contributed by atoms with van der Waals surface area (Å²) in [4.78, 5) is 14.3. The highest BCUT2D eigenvalue weighted by atomic mass is 17.2. The predicted octanol–water partition coefficient (Wildman–Crippen LogP) is 1.81. The molecule has 0 spiro atoms. The fourth-order valence-corrected chi connectivity index (χ4v) is 1.61. The zero-order chi connectivity index (χ0) is 11.5. The van der Waals surface area contributed by atoms with Crippen molar-refractivity contribution in [1.29, 1.82) is 0 Å². The Balaban J connectivity index is 2.32. The summed E-state index contributed by atoms with van der Waals surface area (Å²) in [6, 6.07) is 1.99. The van der Waals surface area contributed by atoms with E-state index in [1.807, 2.05) is 26.8 Å². The van der Waals surface area contributed by atoms with Crippen molar-refractivity contribution in [2.24, 2.45) is 0 Å². The largest absolute Gasteiger partial charge is 0.237 e. The molecule has 86 valence electrons. The van der Waals surface area contributed by atoms with Crippen LogP contribution in [0.3, 0.4) is 0 Å². The smallest absolute Gasteiger partial charge is 0.161 e. The first-order chi connectivity index (χ1) is 7.72. The van der Waals surface area contributed by atoms with Crippen LogP contribution in [0.15, 0.2) is 12.3 Å². The molecule has 0 fully saturated rings. The van der Waals surface area contributed by atoms with Crippen LogP contribution in [0.2, 0.25) is 0 Å². The van der Waals surface area contributed by atoms with E-state index >= 15 is 0 Å². The number of fused-ring (bicyclic) bond motifs is 1. The van der Waals surface area contributed by atoms with Crippen LogP contribution in [0.25, 0.3) is 5.65 Å². The van der Waals surface area contributed by atoms with Gasteiger partial charge in [-0.3, -0.25) is 0 Å². The highest BCUT2D eigenvalue weighted by Gasteiger charge is 2.08. The lowest BCUT2D eigenvalue weighted by atomic mass is 10.3. The number of hydrogen-bond acceptors (Lipinski definition) is 4. The molecule has 0 amide bonds. The third-order valence-corrected chi connectivity index (χ3v) is 2.27. The van der Waals surface area contributed by atoms with Crippen LogP contribution >= 0.6 is 0 Å². The fourth-order valence-electron chi connectivity index (χ4n) is 1.61. The Morgan fingerprint density at radius 2 is 2.12 bits per heavy atom. The van der Waals surface area contributed by atoms with Gasteiger partial charge in [-0.15, -0.1) is 0 Å². The molecule has 5 nitrogen and oxygen atoms in total. The van der Waals surface area contributed by atoms with Gasteiger partial charge >= 0.3 is 0 Å². The van der Waals surface area contributed by atoms with E-state index < -0.39 is 0 Å².